The Labute approximate surface area is 153 Å². The number of benzene rings is 2. The Bertz CT molecular complexity index is 896. The summed E-state index contributed by atoms with van der Waals surface area (Å²) in [4.78, 5) is 23.4. The van der Waals surface area contributed by atoms with E-state index in [1.807, 2.05) is 0 Å². The van der Waals surface area contributed by atoms with Crippen LogP contribution in [0.25, 0.3) is 0 Å². The van der Waals surface area contributed by atoms with Crippen LogP contribution in [0.5, 0.6) is 5.75 Å². The van der Waals surface area contributed by atoms with Crippen molar-refractivity contribution in [2.45, 2.75) is 25.9 Å². The Hall–Kier alpha value is -2.67. The summed E-state index contributed by atoms with van der Waals surface area (Å²) < 4.78 is 34.1. The third-order valence-electron chi connectivity index (χ3n) is 3.96. The summed E-state index contributed by atoms with van der Waals surface area (Å²) in [6, 6.07) is 4.90. The lowest BCUT2D eigenvalue weighted by Gasteiger charge is -2.18. The number of amides is 2. The lowest BCUT2D eigenvalue weighted by atomic mass is 9.98. The van der Waals surface area contributed by atoms with Gasteiger partial charge in [-0.15, -0.1) is 0 Å². The molecule has 1 aliphatic heterocycles. The van der Waals surface area contributed by atoms with Crippen LogP contribution < -0.4 is 15.4 Å². The summed E-state index contributed by atoms with van der Waals surface area (Å²) in [6.07, 6.45) is 0.639. The van der Waals surface area contributed by atoms with Gasteiger partial charge in [-0.2, -0.15) is 0 Å². The topological polar surface area (TPSA) is 67.4 Å². The second-order valence-electron chi connectivity index (χ2n) is 6.44. The number of rotatable bonds is 4. The van der Waals surface area contributed by atoms with E-state index < -0.39 is 23.1 Å². The van der Waals surface area contributed by atoms with E-state index in [9.17, 15) is 18.4 Å². The number of nitrogens with one attached hydrogen (secondary N) is 2. The lowest BCUT2D eigenvalue weighted by Crippen LogP contribution is -2.25. The molecule has 0 radical (unpaired) electrons. The van der Waals surface area contributed by atoms with Gasteiger partial charge < -0.3 is 15.4 Å². The normalized spacial score (nSPS) is 14.3. The van der Waals surface area contributed by atoms with Gasteiger partial charge in [0.2, 0.25) is 6.41 Å². The van der Waals surface area contributed by atoms with E-state index in [4.69, 9.17) is 16.3 Å². The molecule has 2 N–H and O–H groups in total. The van der Waals surface area contributed by atoms with Crippen LogP contribution in [0.4, 0.5) is 20.2 Å². The van der Waals surface area contributed by atoms with Crippen molar-refractivity contribution in [1.82, 2.24) is 0 Å². The highest BCUT2D eigenvalue weighted by Crippen LogP contribution is 2.43. The average molecular weight is 381 g/mol. The van der Waals surface area contributed by atoms with Gasteiger partial charge in [0, 0.05) is 12.0 Å². The summed E-state index contributed by atoms with van der Waals surface area (Å²) in [5, 5.41) is 4.66. The molecule has 1 aliphatic rings. The first-order valence-corrected chi connectivity index (χ1v) is 8.11. The van der Waals surface area contributed by atoms with Gasteiger partial charge >= 0.3 is 0 Å². The molecule has 136 valence electrons. The molecule has 0 unspecified atom stereocenters. The number of carbonyl (C=O) groups is 2. The predicted octanol–water partition coefficient (Wildman–Crippen LogP) is 4.15. The van der Waals surface area contributed by atoms with Gasteiger partial charge in [-0.1, -0.05) is 17.7 Å². The van der Waals surface area contributed by atoms with Crippen molar-refractivity contribution in [1.29, 1.82) is 0 Å². The van der Waals surface area contributed by atoms with Crippen molar-refractivity contribution in [3.63, 3.8) is 0 Å². The van der Waals surface area contributed by atoms with Gasteiger partial charge in [-0.25, -0.2) is 8.78 Å². The Morgan fingerprint density at radius 2 is 2.00 bits per heavy atom. The van der Waals surface area contributed by atoms with Crippen LogP contribution in [-0.2, 0) is 11.2 Å². The number of anilines is 2. The summed E-state index contributed by atoms with van der Waals surface area (Å²) in [5.74, 6) is -2.14. The zero-order valence-corrected chi connectivity index (χ0v) is 14.7. The predicted molar refractivity (Wildman–Crippen MR) is 93.9 cm³/mol. The maximum absolute atomic E-state index is 14.4. The van der Waals surface area contributed by atoms with Crippen molar-refractivity contribution >= 4 is 35.3 Å². The number of carbonyl (C=O) groups excluding carboxylic acids is 2. The fourth-order valence-electron chi connectivity index (χ4n) is 2.89. The number of halogens is 3. The molecule has 26 heavy (non-hydrogen) atoms. The molecule has 2 aromatic carbocycles. The van der Waals surface area contributed by atoms with Crippen LogP contribution in [-0.4, -0.2) is 17.9 Å². The van der Waals surface area contributed by atoms with Gasteiger partial charge in [0.1, 0.15) is 23.0 Å². The summed E-state index contributed by atoms with van der Waals surface area (Å²) in [5.41, 5.74) is -0.687. The molecule has 0 saturated heterocycles. The number of hydrogen-bond acceptors (Lipinski definition) is 3. The molecule has 2 amide bonds. The summed E-state index contributed by atoms with van der Waals surface area (Å²) in [6.45, 7) is 3.54. The van der Waals surface area contributed by atoms with Crippen LogP contribution in [0.15, 0.2) is 24.3 Å². The van der Waals surface area contributed by atoms with Crippen LogP contribution in [0.2, 0.25) is 5.02 Å². The molecule has 0 fully saturated rings. The molecule has 0 spiro atoms. The van der Waals surface area contributed by atoms with Gasteiger partial charge in [-0.05, 0) is 32.0 Å². The summed E-state index contributed by atoms with van der Waals surface area (Å²) in [7, 11) is 0. The van der Waals surface area contributed by atoms with Crippen molar-refractivity contribution in [2.75, 3.05) is 10.6 Å². The van der Waals surface area contributed by atoms with Gasteiger partial charge in [-0.3, -0.25) is 9.59 Å². The largest absolute Gasteiger partial charge is 0.486 e. The van der Waals surface area contributed by atoms with Crippen molar-refractivity contribution in [3.8, 4) is 5.75 Å². The molecule has 0 atom stereocenters. The van der Waals surface area contributed by atoms with E-state index in [1.165, 1.54) is 12.1 Å². The minimum absolute atomic E-state index is 0.0101. The lowest BCUT2D eigenvalue weighted by molar-refractivity contribution is -0.105. The second kappa shape index (κ2) is 6.57. The first-order chi connectivity index (χ1) is 12.2. The summed E-state index contributed by atoms with van der Waals surface area (Å²) >= 11 is 5.91. The van der Waals surface area contributed by atoms with E-state index in [1.54, 1.807) is 13.8 Å². The minimum atomic E-state index is -0.790. The molecular weight excluding hydrogens is 366 g/mol. The van der Waals surface area contributed by atoms with Gasteiger partial charge in [0.25, 0.3) is 5.91 Å². The van der Waals surface area contributed by atoms with Gasteiger partial charge in [0.15, 0.2) is 0 Å². The Morgan fingerprint density at radius 1 is 1.27 bits per heavy atom. The number of para-hydroxylation sites is 1. The second-order valence-corrected chi connectivity index (χ2v) is 6.85. The Morgan fingerprint density at radius 3 is 2.65 bits per heavy atom. The fourth-order valence-corrected chi connectivity index (χ4v) is 3.10. The van der Waals surface area contributed by atoms with Crippen LogP contribution >= 0.6 is 11.6 Å². The zero-order valence-electron chi connectivity index (χ0n) is 14.0. The standard InChI is InChI=1S/C18H15ClF2N2O3/c1-18(2)7-10-14(22-8-24)13(21)6-9(16(10)26-18)17(25)23-15-11(19)4-3-5-12(15)20/h3-6,8H,7H2,1-2H3,(H,22,24)(H,23,25). The molecule has 1 heterocycles. The molecule has 2 aromatic rings. The van der Waals surface area contributed by atoms with Crippen molar-refractivity contribution < 1.29 is 23.1 Å². The third-order valence-corrected chi connectivity index (χ3v) is 4.28. The van der Waals surface area contributed by atoms with Gasteiger partial charge in [0.05, 0.1) is 22.0 Å². The van der Waals surface area contributed by atoms with Crippen molar-refractivity contribution in [2.24, 2.45) is 0 Å². The monoisotopic (exact) mass is 380 g/mol. The minimum Gasteiger partial charge on any atom is -0.486 e. The highest BCUT2D eigenvalue weighted by Gasteiger charge is 2.37. The van der Waals surface area contributed by atoms with E-state index in [0.717, 1.165) is 12.1 Å². The Kier molecular flexibility index (Phi) is 4.58. The number of ether oxygens (including phenoxy) is 1. The molecule has 0 saturated carbocycles. The number of hydrogen-bond donors (Lipinski definition) is 2. The van der Waals surface area contributed by atoms with E-state index in [2.05, 4.69) is 10.6 Å². The molecular formula is C18H15ClF2N2O3. The molecule has 0 aliphatic carbocycles. The van der Waals surface area contributed by atoms with E-state index >= 15 is 0 Å². The third kappa shape index (κ3) is 3.22. The maximum atomic E-state index is 14.4. The zero-order chi connectivity index (χ0) is 19.1. The Balaban J connectivity index is 2.06. The highest BCUT2D eigenvalue weighted by atomic mass is 35.5. The average Bonchev–Trinajstić information content (AvgIpc) is 2.88. The quantitative estimate of drug-likeness (QED) is 0.783. The fraction of sp³-hybridized carbons (Fsp3) is 0.222. The van der Waals surface area contributed by atoms with Crippen LogP contribution in [0.3, 0.4) is 0 Å². The maximum Gasteiger partial charge on any atom is 0.259 e. The van der Waals surface area contributed by atoms with Crippen molar-refractivity contribution in [3.05, 3.63) is 52.0 Å². The SMILES string of the molecule is CC1(C)Cc2c(NC=O)c(F)cc(C(=O)Nc3c(F)cccc3Cl)c2O1. The first-order valence-electron chi connectivity index (χ1n) is 7.73. The number of fused-ring (bicyclic) bond motifs is 1. The van der Waals surface area contributed by atoms with Crippen LogP contribution in [0.1, 0.15) is 29.8 Å². The highest BCUT2D eigenvalue weighted by molar-refractivity contribution is 6.34. The molecule has 8 heteroatoms. The molecule has 0 bridgehead atoms. The smallest absolute Gasteiger partial charge is 0.259 e. The molecule has 0 aromatic heterocycles. The van der Waals surface area contributed by atoms with E-state index in [-0.39, 0.29) is 34.1 Å². The first kappa shape index (κ1) is 18.1. The molecule has 3 rings (SSSR count). The van der Waals surface area contributed by atoms with E-state index in [0.29, 0.717) is 12.0 Å². The van der Waals surface area contributed by atoms with Crippen LogP contribution in [0, 0.1) is 11.6 Å². The molecule has 5 nitrogen and oxygen atoms in total.